The summed E-state index contributed by atoms with van der Waals surface area (Å²) in [5.74, 6) is 0. The van der Waals surface area contributed by atoms with Gasteiger partial charge in [-0.2, -0.15) is 5.26 Å². The van der Waals surface area contributed by atoms with Crippen molar-refractivity contribution in [1.29, 1.82) is 5.26 Å². The third-order valence-corrected chi connectivity index (χ3v) is 4.87. The molecule has 2 N–H and O–H groups in total. The van der Waals surface area contributed by atoms with E-state index in [-0.39, 0.29) is 5.41 Å². The van der Waals surface area contributed by atoms with Gasteiger partial charge in [-0.25, -0.2) is 0 Å². The van der Waals surface area contributed by atoms with Gasteiger partial charge in [-0.1, -0.05) is 18.2 Å². The Hall–Kier alpha value is -2.08. The van der Waals surface area contributed by atoms with Crippen LogP contribution in [0.15, 0.2) is 34.8 Å². The second kappa shape index (κ2) is 6.20. The van der Waals surface area contributed by atoms with Gasteiger partial charge in [0.2, 0.25) is 0 Å². The monoisotopic (exact) mass is 307 g/mol. The van der Waals surface area contributed by atoms with Gasteiger partial charge in [0.1, 0.15) is 0 Å². The van der Waals surface area contributed by atoms with Gasteiger partial charge in [0.15, 0.2) is 0 Å². The summed E-state index contributed by atoms with van der Waals surface area (Å²) in [6.07, 6.45) is 6.32. The summed E-state index contributed by atoms with van der Waals surface area (Å²) in [7, 11) is 0. The molecule has 0 spiro atoms. The van der Waals surface area contributed by atoms with E-state index in [9.17, 15) is 5.26 Å². The van der Waals surface area contributed by atoms with Crippen molar-refractivity contribution in [1.82, 2.24) is 0 Å². The molecule has 2 aliphatic rings. The Bertz CT molecular complexity index is 700. The summed E-state index contributed by atoms with van der Waals surface area (Å²) < 4.78 is 0. The van der Waals surface area contributed by atoms with Crippen molar-refractivity contribution in [2.24, 2.45) is 10.7 Å². The molecule has 0 bridgehead atoms. The molecule has 1 aromatic rings. The van der Waals surface area contributed by atoms with E-state index in [1.807, 2.05) is 6.07 Å². The molecular weight excluding hydrogens is 282 g/mol. The fourth-order valence-corrected chi connectivity index (χ4v) is 3.38. The Kier molecular flexibility index (Phi) is 4.26. The first-order valence-corrected chi connectivity index (χ1v) is 8.63. The predicted molar refractivity (Wildman–Crippen MR) is 95.1 cm³/mol. The van der Waals surface area contributed by atoms with Gasteiger partial charge in [0.25, 0.3) is 0 Å². The number of aliphatic imine (C=N–C) groups is 1. The molecule has 0 aliphatic heterocycles. The van der Waals surface area contributed by atoms with Crippen LogP contribution in [0.25, 0.3) is 5.70 Å². The minimum atomic E-state index is -0.262. The van der Waals surface area contributed by atoms with Gasteiger partial charge in [-0.05, 0) is 75.1 Å². The first-order chi connectivity index (χ1) is 11.1. The van der Waals surface area contributed by atoms with Gasteiger partial charge < -0.3 is 5.73 Å². The maximum atomic E-state index is 9.42. The summed E-state index contributed by atoms with van der Waals surface area (Å²) in [5.41, 5.74) is 11.6. The highest BCUT2D eigenvalue weighted by Crippen LogP contribution is 2.47. The molecule has 0 aromatic heterocycles. The first-order valence-electron chi connectivity index (χ1n) is 8.63. The largest absolute Gasteiger partial charge is 0.398 e. The SMILES string of the molecule is CC(C)N=C1CCCC/C1=C(/N)c1cccc(C2(C#N)CC2)c1. The van der Waals surface area contributed by atoms with E-state index in [0.717, 1.165) is 42.5 Å². The van der Waals surface area contributed by atoms with Crippen molar-refractivity contribution in [3.05, 3.63) is 41.0 Å². The maximum Gasteiger partial charge on any atom is 0.0824 e. The highest BCUT2D eigenvalue weighted by molar-refractivity contribution is 6.06. The Morgan fingerprint density at radius 2 is 2.00 bits per heavy atom. The van der Waals surface area contributed by atoms with Gasteiger partial charge >= 0.3 is 0 Å². The Balaban J connectivity index is 2.00. The summed E-state index contributed by atoms with van der Waals surface area (Å²) in [6, 6.07) is 11.0. The third kappa shape index (κ3) is 3.17. The molecule has 0 saturated heterocycles. The lowest BCUT2D eigenvalue weighted by atomic mass is 9.88. The van der Waals surface area contributed by atoms with Crippen molar-refractivity contribution in [2.45, 2.75) is 63.8 Å². The normalized spacial score (nSPS) is 23.7. The summed E-state index contributed by atoms with van der Waals surface area (Å²) in [4.78, 5) is 4.79. The number of allylic oxidation sites excluding steroid dienone is 1. The zero-order valence-corrected chi connectivity index (χ0v) is 14.1. The van der Waals surface area contributed by atoms with Crippen molar-refractivity contribution >= 4 is 11.4 Å². The lowest BCUT2D eigenvalue weighted by molar-refractivity contribution is 0.720. The van der Waals surface area contributed by atoms with E-state index in [1.165, 1.54) is 24.1 Å². The van der Waals surface area contributed by atoms with Crippen LogP contribution < -0.4 is 5.73 Å². The lowest BCUT2D eigenvalue weighted by Gasteiger charge is -2.21. The fourth-order valence-electron chi connectivity index (χ4n) is 3.38. The van der Waals surface area contributed by atoms with Crippen molar-refractivity contribution < 1.29 is 0 Å². The van der Waals surface area contributed by atoms with Crippen molar-refractivity contribution in [2.75, 3.05) is 0 Å². The van der Waals surface area contributed by atoms with Crippen LogP contribution >= 0.6 is 0 Å². The predicted octanol–water partition coefficient (Wildman–Crippen LogP) is 4.33. The summed E-state index contributed by atoms with van der Waals surface area (Å²) >= 11 is 0. The second-order valence-corrected chi connectivity index (χ2v) is 7.04. The standard InChI is InChI=1S/C20H25N3/c1-14(2)23-18-9-4-3-8-17(18)19(22)15-6-5-7-16(12-15)20(13-21)10-11-20/h5-7,12,14H,3-4,8-11,22H2,1-2H3/b19-17-,23-18?. The van der Waals surface area contributed by atoms with Crippen LogP contribution in [-0.4, -0.2) is 11.8 Å². The number of benzene rings is 1. The molecule has 0 atom stereocenters. The summed E-state index contributed by atoms with van der Waals surface area (Å²) in [6.45, 7) is 4.22. The van der Waals surface area contributed by atoms with Crippen LogP contribution in [0, 0.1) is 11.3 Å². The summed E-state index contributed by atoms with van der Waals surface area (Å²) in [5, 5.41) is 9.42. The van der Waals surface area contributed by atoms with Crippen molar-refractivity contribution in [3.63, 3.8) is 0 Å². The number of nitrogens with zero attached hydrogens (tertiary/aromatic N) is 2. The van der Waals surface area contributed by atoms with Gasteiger partial charge in [0.05, 0.1) is 11.5 Å². The number of rotatable bonds is 3. The van der Waals surface area contributed by atoms with Gasteiger partial charge in [0, 0.05) is 17.5 Å². The molecule has 0 radical (unpaired) electrons. The average molecular weight is 307 g/mol. The minimum absolute atomic E-state index is 0.262. The number of nitriles is 1. The minimum Gasteiger partial charge on any atom is -0.398 e. The smallest absolute Gasteiger partial charge is 0.0824 e. The second-order valence-electron chi connectivity index (χ2n) is 7.04. The maximum absolute atomic E-state index is 9.42. The van der Waals surface area contributed by atoms with E-state index in [0.29, 0.717) is 6.04 Å². The lowest BCUT2D eigenvalue weighted by Crippen LogP contribution is -2.17. The van der Waals surface area contributed by atoms with Crippen LogP contribution in [0.4, 0.5) is 0 Å². The van der Waals surface area contributed by atoms with Crippen LogP contribution in [0.3, 0.4) is 0 Å². The van der Waals surface area contributed by atoms with E-state index in [4.69, 9.17) is 10.7 Å². The molecule has 23 heavy (non-hydrogen) atoms. The van der Waals surface area contributed by atoms with E-state index in [2.05, 4.69) is 38.1 Å². The zero-order chi connectivity index (χ0) is 16.4. The average Bonchev–Trinajstić information content (AvgIpc) is 3.36. The number of nitrogens with two attached hydrogens (primary N) is 1. The molecule has 1 aromatic carbocycles. The van der Waals surface area contributed by atoms with E-state index < -0.39 is 0 Å². The van der Waals surface area contributed by atoms with Crippen LogP contribution in [0.1, 0.15) is 63.5 Å². The molecular formula is C20H25N3. The Morgan fingerprint density at radius 3 is 2.65 bits per heavy atom. The van der Waals surface area contributed by atoms with Crippen LogP contribution in [-0.2, 0) is 5.41 Å². The molecule has 3 nitrogen and oxygen atoms in total. The molecule has 0 heterocycles. The molecule has 3 rings (SSSR count). The van der Waals surface area contributed by atoms with Crippen LogP contribution in [0.5, 0.6) is 0 Å². The molecule has 0 unspecified atom stereocenters. The third-order valence-electron chi connectivity index (χ3n) is 4.87. The molecule has 2 aliphatic carbocycles. The Morgan fingerprint density at radius 1 is 1.26 bits per heavy atom. The molecule has 2 saturated carbocycles. The van der Waals surface area contributed by atoms with E-state index >= 15 is 0 Å². The van der Waals surface area contributed by atoms with Crippen LogP contribution in [0.2, 0.25) is 0 Å². The Labute approximate surface area is 138 Å². The van der Waals surface area contributed by atoms with E-state index in [1.54, 1.807) is 0 Å². The number of hydrogen-bond donors (Lipinski definition) is 1. The fraction of sp³-hybridized carbons (Fsp3) is 0.500. The topological polar surface area (TPSA) is 62.2 Å². The van der Waals surface area contributed by atoms with Gasteiger partial charge in [-0.3, -0.25) is 4.99 Å². The molecule has 0 amide bonds. The quantitative estimate of drug-likeness (QED) is 0.903. The van der Waals surface area contributed by atoms with Gasteiger partial charge in [-0.15, -0.1) is 0 Å². The highest BCUT2D eigenvalue weighted by Gasteiger charge is 2.44. The highest BCUT2D eigenvalue weighted by atomic mass is 14.8. The zero-order valence-electron chi connectivity index (χ0n) is 14.1. The molecule has 3 heteroatoms. The first kappa shape index (κ1) is 15.8. The molecule has 2 fully saturated rings. The van der Waals surface area contributed by atoms with Crippen molar-refractivity contribution in [3.8, 4) is 6.07 Å². The molecule has 120 valence electrons. The number of hydrogen-bond acceptors (Lipinski definition) is 3.